The first kappa shape index (κ1) is 11.9. The molecule has 0 saturated heterocycles. The van der Waals surface area contributed by atoms with Crippen LogP contribution in [0.1, 0.15) is 18.9 Å². The van der Waals surface area contributed by atoms with Gasteiger partial charge in [-0.1, -0.05) is 6.07 Å². The van der Waals surface area contributed by atoms with Crippen LogP contribution in [-0.2, 0) is 11.2 Å². The Morgan fingerprint density at radius 1 is 1.59 bits per heavy atom. The van der Waals surface area contributed by atoms with E-state index in [-0.39, 0.29) is 23.4 Å². The van der Waals surface area contributed by atoms with Crippen molar-refractivity contribution in [1.82, 2.24) is 0 Å². The molecule has 1 aliphatic rings. The van der Waals surface area contributed by atoms with Gasteiger partial charge < -0.3 is 9.84 Å². The summed E-state index contributed by atoms with van der Waals surface area (Å²) in [6.45, 7) is 2.23. The predicted molar refractivity (Wildman–Crippen MR) is 60.5 cm³/mol. The number of carboxylic acid groups (broad SMARTS) is 1. The molecule has 0 heterocycles. The number of hydrogen-bond donors (Lipinski definition) is 1. The summed E-state index contributed by atoms with van der Waals surface area (Å²) in [5, 5.41) is 8.78. The van der Waals surface area contributed by atoms with Crippen LogP contribution in [0.5, 0.6) is 5.75 Å². The Bertz CT molecular complexity index is 431. The summed E-state index contributed by atoms with van der Waals surface area (Å²) in [5.74, 6) is -0.963. The van der Waals surface area contributed by atoms with E-state index in [0.29, 0.717) is 19.4 Å². The summed E-state index contributed by atoms with van der Waals surface area (Å²) in [6.07, 6.45) is 1.32. The number of hydrogen-bond acceptors (Lipinski definition) is 2. The van der Waals surface area contributed by atoms with Gasteiger partial charge in [-0.3, -0.25) is 4.79 Å². The van der Waals surface area contributed by atoms with E-state index in [0.717, 1.165) is 5.56 Å². The first-order chi connectivity index (χ1) is 8.11. The number of ether oxygens (including phenoxy) is 1. The lowest BCUT2D eigenvalue weighted by Gasteiger charge is -2.06. The number of halogens is 1. The molecule has 2 atom stereocenters. The highest BCUT2D eigenvalue weighted by Gasteiger charge is 2.42. The molecule has 0 radical (unpaired) electrons. The largest absolute Gasteiger partial charge is 0.491 e. The standard InChI is InChI=1S/C13H15FO3/c1-2-17-12-4-3-8(6-11(12)14)5-9-7-10(9)13(15)16/h3-4,6,9-10H,2,5,7H2,1H3,(H,15,16). The van der Waals surface area contributed by atoms with Crippen LogP contribution in [0, 0.1) is 17.7 Å². The molecule has 1 N–H and O–H groups in total. The van der Waals surface area contributed by atoms with E-state index in [1.54, 1.807) is 19.1 Å². The number of carbonyl (C=O) groups is 1. The molecule has 1 saturated carbocycles. The van der Waals surface area contributed by atoms with Crippen molar-refractivity contribution in [2.24, 2.45) is 11.8 Å². The van der Waals surface area contributed by atoms with Gasteiger partial charge in [0, 0.05) is 0 Å². The van der Waals surface area contributed by atoms with Crippen LogP contribution in [0.15, 0.2) is 18.2 Å². The van der Waals surface area contributed by atoms with Gasteiger partial charge in [0.15, 0.2) is 11.6 Å². The van der Waals surface area contributed by atoms with E-state index in [1.165, 1.54) is 6.07 Å². The molecule has 0 bridgehead atoms. The fourth-order valence-corrected chi connectivity index (χ4v) is 2.02. The van der Waals surface area contributed by atoms with E-state index in [4.69, 9.17) is 9.84 Å². The Balaban J connectivity index is 1.99. The fourth-order valence-electron chi connectivity index (χ4n) is 2.02. The summed E-state index contributed by atoms with van der Waals surface area (Å²) in [5.41, 5.74) is 0.833. The third kappa shape index (κ3) is 2.75. The maximum atomic E-state index is 13.5. The Hall–Kier alpha value is -1.58. The molecule has 0 aliphatic heterocycles. The Morgan fingerprint density at radius 3 is 2.88 bits per heavy atom. The van der Waals surface area contributed by atoms with Gasteiger partial charge in [-0.2, -0.15) is 0 Å². The molecule has 4 heteroatoms. The van der Waals surface area contributed by atoms with E-state index in [9.17, 15) is 9.18 Å². The zero-order valence-corrected chi connectivity index (χ0v) is 9.65. The lowest BCUT2D eigenvalue weighted by Crippen LogP contribution is -2.01. The van der Waals surface area contributed by atoms with Crippen molar-refractivity contribution >= 4 is 5.97 Å². The van der Waals surface area contributed by atoms with Crippen LogP contribution in [0.4, 0.5) is 4.39 Å². The quantitative estimate of drug-likeness (QED) is 0.857. The summed E-state index contributed by atoms with van der Waals surface area (Å²) in [4.78, 5) is 10.7. The third-order valence-corrected chi connectivity index (χ3v) is 3.03. The summed E-state index contributed by atoms with van der Waals surface area (Å²) in [6, 6.07) is 4.83. The average Bonchev–Trinajstić information content (AvgIpc) is 3.02. The molecule has 0 aromatic heterocycles. The predicted octanol–water partition coefficient (Wildman–Crippen LogP) is 2.49. The molecule has 1 aromatic rings. The van der Waals surface area contributed by atoms with Gasteiger partial charge in [0.1, 0.15) is 0 Å². The number of carboxylic acids is 1. The molecule has 92 valence electrons. The van der Waals surface area contributed by atoms with Gasteiger partial charge in [0.2, 0.25) is 0 Å². The minimum absolute atomic E-state index is 0.157. The highest BCUT2D eigenvalue weighted by molar-refractivity contribution is 5.73. The van der Waals surface area contributed by atoms with Crippen LogP contribution in [0.25, 0.3) is 0 Å². The Morgan fingerprint density at radius 2 is 2.35 bits per heavy atom. The van der Waals surface area contributed by atoms with E-state index >= 15 is 0 Å². The normalized spacial score (nSPS) is 22.2. The number of aliphatic carboxylic acids is 1. The maximum absolute atomic E-state index is 13.5. The molecule has 2 unspecified atom stereocenters. The Labute approximate surface area is 99.2 Å². The molecule has 0 spiro atoms. The second kappa shape index (κ2) is 4.73. The van der Waals surface area contributed by atoms with Crippen LogP contribution < -0.4 is 4.74 Å². The molecular formula is C13H15FO3. The van der Waals surface area contributed by atoms with Crippen molar-refractivity contribution in [3.05, 3.63) is 29.6 Å². The highest BCUT2D eigenvalue weighted by atomic mass is 19.1. The van der Waals surface area contributed by atoms with Gasteiger partial charge >= 0.3 is 5.97 Å². The van der Waals surface area contributed by atoms with Crippen molar-refractivity contribution in [3.63, 3.8) is 0 Å². The molecule has 1 fully saturated rings. The monoisotopic (exact) mass is 238 g/mol. The molecule has 2 rings (SSSR count). The summed E-state index contributed by atoms with van der Waals surface area (Å²) >= 11 is 0. The zero-order chi connectivity index (χ0) is 12.4. The van der Waals surface area contributed by atoms with Crippen LogP contribution >= 0.6 is 0 Å². The Kier molecular flexibility index (Phi) is 3.31. The van der Waals surface area contributed by atoms with Gasteiger partial charge in [0.05, 0.1) is 12.5 Å². The lowest BCUT2D eigenvalue weighted by molar-refractivity contribution is -0.138. The second-order valence-corrected chi connectivity index (χ2v) is 4.34. The number of rotatable bonds is 5. The summed E-state index contributed by atoms with van der Waals surface area (Å²) < 4.78 is 18.6. The van der Waals surface area contributed by atoms with Crippen LogP contribution in [0.3, 0.4) is 0 Å². The van der Waals surface area contributed by atoms with Crippen molar-refractivity contribution < 1.29 is 19.0 Å². The topological polar surface area (TPSA) is 46.5 Å². The zero-order valence-electron chi connectivity index (χ0n) is 9.65. The first-order valence-electron chi connectivity index (χ1n) is 5.75. The minimum atomic E-state index is -0.749. The first-order valence-corrected chi connectivity index (χ1v) is 5.75. The molecule has 17 heavy (non-hydrogen) atoms. The van der Waals surface area contributed by atoms with Crippen molar-refractivity contribution in [2.45, 2.75) is 19.8 Å². The van der Waals surface area contributed by atoms with Crippen molar-refractivity contribution in [1.29, 1.82) is 0 Å². The van der Waals surface area contributed by atoms with E-state index in [1.807, 2.05) is 0 Å². The van der Waals surface area contributed by atoms with Gasteiger partial charge in [-0.15, -0.1) is 0 Å². The SMILES string of the molecule is CCOc1ccc(CC2CC2C(=O)O)cc1F. The maximum Gasteiger partial charge on any atom is 0.306 e. The minimum Gasteiger partial charge on any atom is -0.491 e. The van der Waals surface area contributed by atoms with E-state index < -0.39 is 5.97 Å². The van der Waals surface area contributed by atoms with Crippen LogP contribution in [-0.4, -0.2) is 17.7 Å². The van der Waals surface area contributed by atoms with Crippen LogP contribution in [0.2, 0.25) is 0 Å². The van der Waals surface area contributed by atoms with Crippen molar-refractivity contribution in [3.8, 4) is 5.75 Å². The molecule has 0 amide bonds. The smallest absolute Gasteiger partial charge is 0.306 e. The average molecular weight is 238 g/mol. The molecular weight excluding hydrogens is 223 g/mol. The number of benzene rings is 1. The third-order valence-electron chi connectivity index (χ3n) is 3.03. The van der Waals surface area contributed by atoms with Gasteiger partial charge in [-0.05, 0) is 43.4 Å². The highest BCUT2D eigenvalue weighted by Crippen LogP contribution is 2.41. The van der Waals surface area contributed by atoms with Crippen molar-refractivity contribution in [2.75, 3.05) is 6.61 Å². The van der Waals surface area contributed by atoms with Gasteiger partial charge in [0.25, 0.3) is 0 Å². The molecule has 1 aromatic carbocycles. The molecule has 1 aliphatic carbocycles. The summed E-state index contributed by atoms with van der Waals surface area (Å²) in [7, 11) is 0. The van der Waals surface area contributed by atoms with Gasteiger partial charge in [-0.25, -0.2) is 4.39 Å². The van der Waals surface area contributed by atoms with E-state index in [2.05, 4.69) is 0 Å². The fraction of sp³-hybridized carbons (Fsp3) is 0.462. The lowest BCUT2D eigenvalue weighted by atomic mass is 10.1. The second-order valence-electron chi connectivity index (χ2n) is 4.34. The molecule has 3 nitrogen and oxygen atoms in total.